The highest BCUT2D eigenvalue weighted by atomic mass is 35.5. The fourth-order valence-corrected chi connectivity index (χ4v) is 5.38. The standard InChI is InChI=1S/C28H25ClFN3O4/c29-21-6-4-7-22(30)20(21)16-31-11-13-32(14-12-31)23-8-3-5-19-26(23)28(35)33(27(19)34)15-18-17-36-24-9-1-2-10-25(24)37-18/h1-10,18H,11-17H2/t18-/m0/s1. The van der Waals surface area contributed by atoms with E-state index in [0.29, 0.717) is 65.9 Å². The number of rotatable bonds is 5. The summed E-state index contributed by atoms with van der Waals surface area (Å²) in [6.07, 6.45) is -0.450. The van der Waals surface area contributed by atoms with Crippen molar-refractivity contribution in [2.75, 3.05) is 44.2 Å². The van der Waals surface area contributed by atoms with Crippen molar-refractivity contribution in [3.05, 3.63) is 88.2 Å². The molecular weight excluding hydrogens is 497 g/mol. The molecule has 1 atom stereocenters. The van der Waals surface area contributed by atoms with Crippen molar-refractivity contribution in [2.24, 2.45) is 0 Å². The Kier molecular flexibility index (Phi) is 6.22. The molecule has 3 aromatic rings. The quantitative estimate of drug-likeness (QED) is 0.468. The molecule has 0 aliphatic carbocycles. The average Bonchev–Trinajstić information content (AvgIpc) is 3.16. The Morgan fingerprint density at radius 3 is 2.43 bits per heavy atom. The molecule has 7 nitrogen and oxygen atoms in total. The van der Waals surface area contributed by atoms with Gasteiger partial charge in [0, 0.05) is 43.3 Å². The van der Waals surface area contributed by atoms with Gasteiger partial charge < -0.3 is 14.4 Å². The first-order chi connectivity index (χ1) is 18.0. The summed E-state index contributed by atoms with van der Waals surface area (Å²) in [6.45, 7) is 3.41. The number of carbonyl (C=O) groups is 2. The van der Waals surface area contributed by atoms with E-state index in [0.717, 1.165) is 5.69 Å². The number of halogens is 2. The van der Waals surface area contributed by atoms with Gasteiger partial charge in [0.25, 0.3) is 11.8 Å². The van der Waals surface area contributed by atoms with Gasteiger partial charge in [-0.05, 0) is 36.4 Å². The molecule has 0 unspecified atom stereocenters. The molecule has 0 N–H and O–H groups in total. The van der Waals surface area contributed by atoms with Crippen LogP contribution in [0.4, 0.5) is 10.1 Å². The first-order valence-corrected chi connectivity index (χ1v) is 12.7. The van der Waals surface area contributed by atoms with Crippen LogP contribution < -0.4 is 14.4 Å². The van der Waals surface area contributed by atoms with Crippen molar-refractivity contribution in [1.82, 2.24) is 9.80 Å². The average molecular weight is 522 g/mol. The zero-order chi connectivity index (χ0) is 25.5. The third kappa shape index (κ3) is 4.40. The lowest BCUT2D eigenvalue weighted by Gasteiger charge is -2.37. The van der Waals surface area contributed by atoms with Crippen molar-refractivity contribution in [1.29, 1.82) is 0 Å². The molecule has 3 heterocycles. The van der Waals surface area contributed by atoms with E-state index in [1.165, 1.54) is 11.0 Å². The summed E-state index contributed by atoms with van der Waals surface area (Å²) in [5.41, 5.74) is 2.06. The second-order valence-corrected chi connectivity index (χ2v) is 9.79. The van der Waals surface area contributed by atoms with Crippen molar-refractivity contribution >= 4 is 29.1 Å². The summed E-state index contributed by atoms with van der Waals surface area (Å²) in [5, 5.41) is 0.420. The molecule has 0 saturated carbocycles. The molecule has 9 heteroatoms. The Bertz CT molecular complexity index is 1360. The van der Waals surface area contributed by atoms with Gasteiger partial charge in [-0.2, -0.15) is 0 Å². The van der Waals surface area contributed by atoms with Crippen LogP contribution >= 0.6 is 11.6 Å². The van der Waals surface area contributed by atoms with E-state index in [2.05, 4.69) is 9.80 Å². The van der Waals surface area contributed by atoms with E-state index < -0.39 is 6.10 Å². The topological polar surface area (TPSA) is 62.3 Å². The van der Waals surface area contributed by atoms with E-state index in [1.54, 1.807) is 18.2 Å². The molecule has 190 valence electrons. The van der Waals surface area contributed by atoms with Gasteiger partial charge in [-0.15, -0.1) is 0 Å². The maximum atomic E-state index is 14.2. The third-order valence-electron chi connectivity index (χ3n) is 7.09. The maximum absolute atomic E-state index is 14.2. The van der Waals surface area contributed by atoms with Crippen LogP contribution in [-0.2, 0) is 6.54 Å². The summed E-state index contributed by atoms with van der Waals surface area (Å²) < 4.78 is 26.0. The number of hydrogen-bond acceptors (Lipinski definition) is 6. The lowest BCUT2D eigenvalue weighted by atomic mass is 10.1. The predicted molar refractivity (Wildman–Crippen MR) is 137 cm³/mol. The predicted octanol–water partition coefficient (Wildman–Crippen LogP) is 4.24. The first kappa shape index (κ1) is 23.8. The second-order valence-electron chi connectivity index (χ2n) is 9.38. The molecule has 0 radical (unpaired) electrons. The normalized spacial score (nSPS) is 19.4. The Morgan fingerprint density at radius 2 is 1.65 bits per heavy atom. The van der Waals surface area contributed by atoms with Crippen molar-refractivity contribution in [3.63, 3.8) is 0 Å². The molecule has 2 amide bonds. The number of nitrogens with zero attached hydrogens (tertiary/aromatic N) is 3. The molecule has 37 heavy (non-hydrogen) atoms. The number of anilines is 1. The molecule has 3 aliphatic rings. The number of benzene rings is 3. The fourth-order valence-electron chi connectivity index (χ4n) is 5.16. The molecule has 1 fully saturated rings. The van der Waals surface area contributed by atoms with Gasteiger partial charge in [0.05, 0.1) is 23.4 Å². The number of imide groups is 1. The molecule has 0 aromatic heterocycles. The van der Waals surface area contributed by atoms with Crippen LogP contribution in [0.5, 0.6) is 11.5 Å². The van der Waals surface area contributed by atoms with E-state index >= 15 is 0 Å². The molecular formula is C28H25ClFN3O4. The lowest BCUT2D eigenvalue weighted by molar-refractivity contribution is 0.0430. The minimum Gasteiger partial charge on any atom is -0.486 e. The fraction of sp³-hybridized carbons (Fsp3) is 0.286. The van der Waals surface area contributed by atoms with Gasteiger partial charge >= 0.3 is 0 Å². The number of hydrogen-bond donors (Lipinski definition) is 0. The van der Waals surface area contributed by atoms with Gasteiger partial charge in [-0.1, -0.05) is 35.9 Å². The highest BCUT2D eigenvalue weighted by molar-refractivity contribution is 6.31. The Hall–Kier alpha value is -3.62. The van der Waals surface area contributed by atoms with Crippen molar-refractivity contribution in [2.45, 2.75) is 12.6 Å². The summed E-state index contributed by atoms with van der Waals surface area (Å²) >= 11 is 6.21. The summed E-state index contributed by atoms with van der Waals surface area (Å²) in [7, 11) is 0. The number of ether oxygens (including phenoxy) is 2. The van der Waals surface area contributed by atoms with Crippen LogP contribution in [0.2, 0.25) is 5.02 Å². The van der Waals surface area contributed by atoms with E-state index in [4.69, 9.17) is 21.1 Å². The zero-order valence-corrected chi connectivity index (χ0v) is 20.8. The van der Waals surface area contributed by atoms with Gasteiger partial charge in [-0.25, -0.2) is 4.39 Å². The van der Waals surface area contributed by atoms with Crippen LogP contribution in [-0.4, -0.2) is 67.0 Å². The van der Waals surface area contributed by atoms with Gasteiger partial charge in [-0.3, -0.25) is 19.4 Å². The number of piperazine rings is 1. The number of para-hydroxylation sites is 2. The van der Waals surface area contributed by atoms with Crippen LogP contribution in [0.25, 0.3) is 0 Å². The van der Waals surface area contributed by atoms with Gasteiger partial charge in [0.1, 0.15) is 12.4 Å². The minimum atomic E-state index is -0.450. The molecule has 1 saturated heterocycles. The van der Waals surface area contributed by atoms with Gasteiger partial charge in [0.15, 0.2) is 17.6 Å². The summed E-state index contributed by atoms with van der Waals surface area (Å²) in [6, 6.07) is 17.5. The molecule has 6 rings (SSSR count). The summed E-state index contributed by atoms with van der Waals surface area (Å²) in [5.74, 6) is 0.303. The van der Waals surface area contributed by atoms with E-state index in [9.17, 15) is 14.0 Å². The zero-order valence-electron chi connectivity index (χ0n) is 20.0. The Balaban J connectivity index is 1.15. The van der Waals surface area contributed by atoms with Crippen molar-refractivity contribution in [3.8, 4) is 11.5 Å². The minimum absolute atomic E-state index is 0.108. The number of carbonyl (C=O) groups excluding carboxylic acids is 2. The largest absolute Gasteiger partial charge is 0.486 e. The Morgan fingerprint density at radius 1 is 0.892 bits per heavy atom. The Labute approximate surface area is 218 Å². The van der Waals surface area contributed by atoms with Crippen molar-refractivity contribution < 1.29 is 23.5 Å². The van der Waals surface area contributed by atoms with Crippen LogP contribution in [0, 0.1) is 5.82 Å². The summed E-state index contributed by atoms with van der Waals surface area (Å²) in [4.78, 5) is 32.2. The number of fused-ring (bicyclic) bond motifs is 2. The third-order valence-corrected chi connectivity index (χ3v) is 7.44. The number of amides is 2. The smallest absolute Gasteiger partial charge is 0.263 e. The molecule has 0 bridgehead atoms. The van der Waals surface area contributed by atoms with E-state index in [-0.39, 0.29) is 30.8 Å². The van der Waals surface area contributed by atoms with Crippen LogP contribution in [0.3, 0.4) is 0 Å². The highest BCUT2D eigenvalue weighted by Crippen LogP contribution is 2.35. The lowest BCUT2D eigenvalue weighted by Crippen LogP contribution is -2.46. The van der Waals surface area contributed by atoms with E-state index in [1.807, 2.05) is 36.4 Å². The molecule has 0 spiro atoms. The maximum Gasteiger partial charge on any atom is 0.263 e. The molecule has 3 aliphatic heterocycles. The molecule has 3 aromatic carbocycles. The second kappa shape index (κ2) is 9.68. The first-order valence-electron chi connectivity index (χ1n) is 12.3. The SMILES string of the molecule is O=C1c2cccc(N3CCN(Cc4c(F)cccc4Cl)CC3)c2C(=O)N1C[C@H]1COc2ccccc2O1. The van der Waals surface area contributed by atoms with Crippen LogP contribution in [0.15, 0.2) is 60.7 Å². The highest BCUT2D eigenvalue weighted by Gasteiger charge is 2.40. The van der Waals surface area contributed by atoms with Gasteiger partial charge in [0.2, 0.25) is 0 Å². The van der Waals surface area contributed by atoms with Crippen LogP contribution in [0.1, 0.15) is 26.3 Å². The monoisotopic (exact) mass is 521 g/mol.